The highest BCUT2D eigenvalue weighted by atomic mass is 35.5. The highest BCUT2D eigenvalue weighted by Gasteiger charge is 2.02. The molecule has 0 fully saturated rings. The van der Waals surface area contributed by atoms with E-state index in [9.17, 15) is 0 Å². The lowest BCUT2D eigenvalue weighted by Crippen LogP contribution is -2.02. The number of benzene rings is 1. The van der Waals surface area contributed by atoms with Crippen molar-refractivity contribution in [1.82, 2.24) is 4.98 Å². The van der Waals surface area contributed by atoms with E-state index in [1.807, 2.05) is 13.0 Å². The first-order valence-corrected chi connectivity index (χ1v) is 6.90. The quantitative estimate of drug-likeness (QED) is 0.812. The van der Waals surface area contributed by atoms with Gasteiger partial charge in [0.2, 0.25) is 0 Å². The van der Waals surface area contributed by atoms with Gasteiger partial charge in [0.1, 0.15) is 5.15 Å². The molecule has 0 atom stereocenters. The molecule has 1 heterocycles. The summed E-state index contributed by atoms with van der Waals surface area (Å²) in [6.45, 7) is 7.16. The summed E-state index contributed by atoms with van der Waals surface area (Å²) in [6.07, 6.45) is 0. The summed E-state index contributed by atoms with van der Waals surface area (Å²) in [7, 11) is 0. The van der Waals surface area contributed by atoms with Gasteiger partial charge >= 0.3 is 0 Å². The van der Waals surface area contributed by atoms with E-state index in [4.69, 9.17) is 11.6 Å². The topological polar surface area (TPSA) is 24.9 Å². The maximum absolute atomic E-state index is 5.84. The molecule has 0 saturated carbocycles. The Balaban J connectivity index is 2.02. The first-order valence-electron chi connectivity index (χ1n) is 6.52. The number of rotatable bonds is 4. The number of aromatic nitrogens is 1. The number of hydrogen-bond donors (Lipinski definition) is 1. The molecule has 0 aliphatic carbocycles. The zero-order chi connectivity index (χ0) is 13.8. The molecule has 19 heavy (non-hydrogen) atoms. The number of pyridine rings is 1. The van der Waals surface area contributed by atoms with Crippen LogP contribution in [0.3, 0.4) is 0 Å². The zero-order valence-electron chi connectivity index (χ0n) is 11.6. The molecular formula is C16H19ClN2. The normalized spacial score (nSPS) is 10.8. The third-order valence-electron chi connectivity index (χ3n) is 3.18. The number of nitrogens with one attached hydrogen (secondary N) is 1. The molecule has 0 amide bonds. The first kappa shape index (κ1) is 13.9. The Kier molecular flexibility index (Phi) is 4.43. The maximum Gasteiger partial charge on any atom is 0.129 e. The van der Waals surface area contributed by atoms with Crippen LogP contribution in [0.5, 0.6) is 0 Å². The molecule has 0 unspecified atom stereocenters. The summed E-state index contributed by atoms with van der Waals surface area (Å²) in [5.41, 5.74) is 4.58. The van der Waals surface area contributed by atoms with Gasteiger partial charge < -0.3 is 5.32 Å². The summed E-state index contributed by atoms with van der Waals surface area (Å²) in [6, 6.07) is 12.5. The highest BCUT2D eigenvalue weighted by Crippen LogP contribution is 2.18. The van der Waals surface area contributed by atoms with Gasteiger partial charge in [-0.2, -0.15) is 0 Å². The van der Waals surface area contributed by atoms with E-state index < -0.39 is 0 Å². The molecule has 0 aliphatic heterocycles. The van der Waals surface area contributed by atoms with Gasteiger partial charge in [-0.1, -0.05) is 49.7 Å². The molecule has 0 bridgehead atoms. The largest absolute Gasteiger partial charge is 0.380 e. The first-order chi connectivity index (χ1) is 9.06. The zero-order valence-corrected chi connectivity index (χ0v) is 12.3. The van der Waals surface area contributed by atoms with Gasteiger partial charge in [0.15, 0.2) is 0 Å². The molecule has 1 N–H and O–H groups in total. The summed E-state index contributed by atoms with van der Waals surface area (Å²) in [5, 5.41) is 3.92. The van der Waals surface area contributed by atoms with E-state index in [1.165, 1.54) is 11.1 Å². The van der Waals surface area contributed by atoms with Gasteiger partial charge in [0.05, 0.1) is 11.4 Å². The van der Waals surface area contributed by atoms with Crippen molar-refractivity contribution in [3.8, 4) is 0 Å². The minimum absolute atomic E-state index is 0.532. The van der Waals surface area contributed by atoms with Gasteiger partial charge in [-0.15, -0.1) is 0 Å². The predicted molar refractivity (Wildman–Crippen MR) is 81.8 cm³/mol. The number of aryl methyl sites for hydroxylation is 1. The van der Waals surface area contributed by atoms with Crippen LogP contribution in [0.25, 0.3) is 0 Å². The van der Waals surface area contributed by atoms with Crippen LogP contribution in [0.1, 0.15) is 36.6 Å². The number of hydrogen-bond acceptors (Lipinski definition) is 2. The summed E-state index contributed by atoms with van der Waals surface area (Å²) in [4.78, 5) is 4.23. The molecule has 0 saturated heterocycles. The average Bonchev–Trinajstić information content (AvgIpc) is 2.38. The van der Waals surface area contributed by atoms with Crippen LogP contribution in [-0.2, 0) is 6.54 Å². The average molecular weight is 275 g/mol. The van der Waals surface area contributed by atoms with Crippen molar-refractivity contribution in [3.63, 3.8) is 0 Å². The predicted octanol–water partition coefficient (Wildman–Crippen LogP) is 4.78. The fraction of sp³-hybridized carbons (Fsp3) is 0.312. The summed E-state index contributed by atoms with van der Waals surface area (Å²) >= 11 is 5.84. The van der Waals surface area contributed by atoms with Gasteiger partial charge in [-0.05, 0) is 36.1 Å². The lowest BCUT2D eigenvalue weighted by molar-refractivity contribution is 0.865. The van der Waals surface area contributed by atoms with Crippen molar-refractivity contribution in [2.24, 2.45) is 0 Å². The van der Waals surface area contributed by atoms with Crippen LogP contribution in [-0.4, -0.2) is 4.98 Å². The second kappa shape index (κ2) is 6.07. The molecule has 1 aromatic heterocycles. The lowest BCUT2D eigenvalue weighted by Gasteiger charge is -2.10. The Morgan fingerprint density at radius 2 is 1.79 bits per heavy atom. The molecule has 0 aliphatic rings. The number of anilines is 1. The summed E-state index contributed by atoms with van der Waals surface area (Å²) < 4.78 is 0. The SMILES string of the molecule is Cc1nc(Cl)ccc1NCc1ccc(C(C)C)cc1. The Hall–Kier alpha value is -1.54. The fourth-order valence-corrected chi connectivity index (χ4v) is 2.12. The summed E-state index contributed by atoms with van der Waals surface area (Å²) in [5.74, 6) is 0.574. The van der Waals surface area contributed by atoms with Crippen molar-refractivity contribution in [2.75, 3.05) is 5.32 Å². The van der Waals surface area contributed by atoms with Crippen molar-refractivity contribution in [3.05, 3.63) is 58.4 Å². The van der Waals surface area contributed by atoms with Crippen molar-refractivity contribution >= 4 is 17.3 Å². The molecule has 3 heteroatoms. The minimum Gasteiger partial charge on any atom is -0.380 e. The van der Waals surface area contributed by atoms with E-state index in [0.717, 1.165) is 17.9 Å². The second-order valence-electron chi connectivity index (χ2n) is 5.02. The highest BCUT2D eigenvalue weighted by molar-refractivity contribution is 6.29. The van der Waals surface area contributed by atoms with Gasteiger partial charge in [-0.25, -0.2) is 4.98 Å². The molecule has 2 nitrogen and oxygen atoms in total. The number of nitrogens with zero attached hydrogens (tertiary/aromatic N) is 1. The van der Waals surface area contributed by atoms with Crippen LogP contribution >= 0.6 is 11.6 Å². The second-order valence-corrected chi connectivity index (χ2v) is 5.40. The lowest BCUT2D eigenvalue weighted by atomic mass is 10.0. The van der Waals surface area contributed by atoms with E-state index in [-0.39, 0.29) is 0 Å². The standard InChI is InChI=1S/C16H19ClN2/c1-11(2)14-6-4-13(5-7-14)10-18-15-8-9-16(17)19-12(15)3/h4-9,11,18H,10H2,1-3H3. The molecule has 2 aromatic rings. The van der Waals surface area contributed by atoms with Gasteiger partial charge in [0.25, 0.3) is 0 Å². The van der Waals surface area contributed by atoms with Crippen LogP contribution in [0.2, 0.25) is 5.15 Å². The van der Waals surface area contributed by atoms with Crippen LogP contribution < -0.4 is 5.32 Å². The Morgan fingerprint density at radius 1 is 1.11 bits per heavy atom. The maximum atomic E-state index is 5.84. The van der Waals surface area contributed by atoms with Crippen molar-refractivity contribution < 1.29 is 0 Å². The monoisotopic (exact) mass is 274 g/mol. The fourth-order valence-electron chi connectivity index (χ4n) is 1.93. The van der Waals surface area contributed by atoms with E-state index >= 15 is 0 Å². The van der Waals surface area contributed by atoms with E-state index in [1.54, 1.807) is 6.07 Å². The number of halogens is 1. The van der Waals surface area contributed by atoms with E-state index in [2.05, 4.69) is 48.4 Å². The Bertz CT molecular complexity index is 547. The Labute approximate surface area is 119 Å². The van der Waals surface area contributed by atoms with Crippen LogP contribution in [0.4, 0.5) is 5.69 Å². The molecule has 0 radical (unpaired) electrons. The van der Waals surface area contributed by atoms with Crippen molar-refractivity contribution in [2.45, 2.75) is 33.2 Å². The van der Waals surface area contributed by atoms with Crippen LogP contribution in [0.15, 0.2) is 36.4 Å². The van der Waals surface area contributed by atoms with Crippen LogP contribution in [0, 0.1) is 6.92 Å². The minimum atomic E-state index is 0.532. The van der Waals surface area contributed by atoms with Gasteiger partial charge in [0, 0.05) is 6.54 Å². The van der Waals surface area contributed by atoms with Gasteiger partial charge in [-0.3, -0.25) is 0 Å². The Morgan fingerprint density at radius 3 is 2.37 bits per heavy atom. The molecule has 100 valence electrons. The molecule has 2 rings (SSSR count). The smallest absolute Gasteiger partial charge is 0.129 e. The molecular weight excluding hydrogens is 256 g/mol. The van der Waals surface area contributed by atoms with E-state index in [0.29, 0.717) is 11.1 Å². The van der Waals surface area contributed by atoms with Crippen molar-refractivity contribution in [1.29, 1.82) is 0 Å². The molecule has 1 aromatic carbocycles. The third-order valence-corrected chi connectivity index (χ3v) is 3.39. The molecule has 0 spiro atoms. The third kappa shape index (κ3) is 3.71.